The van der Waals surface area contributed by atoms with Crippen LogP contribution in [0, 0.1) is 12.8 Å². The topological polar surface area (TPSA) is 112 Å². The Morgan fingerprint density at radius 1 is 1.11 bits per heavy atom. The third-order valence-electron chi connectivity index (χ3n) is 6.43. The number of aliphatic carboxylic acids is 1. The maximum Gasteiger partial charge on any atom is 0.418 e. The molecule has 2 aromatic heterocycles. The highest BCUT2D eigenvalue weighted by Gasteiger charge is 2.35. The van der Waals surface area contributed by atoms with E-state index >= 15 is 0 Å². The number of carbonyl (C=O) groups is 1. The molecule has 1 unspecified atom stereocenters. The number of nitrogens with zero attached hydrogens (tertiary/aromatic N) is 3. The predicted molar refractivity (Wildman–Crippen MR) is 136 cm³/mol. The van der Waals surface area contributed by atoms with Crippen molar-refractivity contribution in [2.24, 2.45) is 5.92 Å². The van der Waals surface area contributed by atoms with Gasteiger partial charge >= 0.3 is 12.1 Å². The number of pyridine rings is 2. The van der Waals surface area contributed by atoms with Gasteiger partial charge in [-0.05, 0) is 61.9 Å². The van der Waals surface area contributed by atoms with Gasteiger partial charge in [-0.15, -0.1) is 0 Å². The normalized spacial score (nSPS) is 16.3. The zero-order valence-corrected chi connectivity index (χ0v) is 21.4. The Morgan fingerprint density at radius 2 is 1.87 bits per heavy atom. The number of piperidine rings is 1. The largest absolute Gasteiger partial charge is 0.481 e. The lowest BCUT2D eigenvalue weighted by molar-refractivity contribution is -0.138. The lowest BCUT2D eigenvalue weighted by Crippen LogP contribution is -2.36. The molecular weight excluding hydrogens is 521 g/mol. The molecule has 202 valence electrons. The summed E-state index contributed by atoms with van der Waals surface area (Å²) in [6.07, 6.45) is -2.40. The predicted octanol–water partition coefficient (Wildman–Crippen LogP) is 5.35. The van der Waals surface area contributed by atoms with Gasteiger partial charge in [-0.25, -0.2) is 9.97 Å². The minimum Gasteiger partial charge on any atom is -0.481 e. The van der Waals surface area contributed by atoms with Crippen molar-refractivity contribution >= 4 is 27.6 Å². The summed E-state index contributed by atoms with van der Waals surface area (Å²) in [5.74, 6) is -0.554. The standard InChI is InChI=1S/C26H27F3N4O4S/c1-17-6-2-3-8-19(17)25-20(26(27,28)29)12-13-21(30-25)32-38(36,37)23-10-4-9-22(31-23)33-15-5-7-18(16-33)11-14-24(34)35/h2-4,6,8-10,12-13,18H,5,7,11,14-16H2,1H3,(H,30,32)(H,34,35). The van der Waals surface area contributed by atoms with Crippen LogP contribution in [0.1, 0.15) is 36.8 Å². The first kappa shape index (κ1) is 27.4. The van der Waals surface area contributed by atoms with E-state index in [4.69, 9.17) is 5.11 Å². The highest BCUT2D eigenvalue weighted by atomic mass is 32.2. The number of alkyl halides is 3. The molecule has 1 saturated heterocycles. The van der Waals surface area contributed by atoms with Crippen LogP contribution in [0.4, 0.5) is 24.8 Å². The average Bonchev–Trinajstić information content (AvgIpc) is 2.87. The summed E-state index contributed by atoms with van der Waals surface area (Å²) in [7, 11) is -4.28. The molecule has 12 heteroatoms. The van der Waals surface area contributed by atoms with Gasteiger partial charge in [0.1, 0.15) is 11.6 Å². The van der Waals surface area contributed by atoms with Crippen LogP contribution in [0.25, 0.3) is 11.3 Å². The van der Waals surface area contributed by atoms with E-state index in [1.165, 1.54) is 18.2 Å². The van der Waals surface area contributed by atoms with Gasteiger partial charge in [-0.2, -0.15) is 21.6 Å². The van der Waals surface area contributed by atoms with E-state index in [0.717, 1.165) is 25.0 Å². The van der Waals surface area contributed by atoms with Crippen molar-refractivity contribution in [3.63, 3.8) is 0 Å². The zero-order chi connectivity index (χ0) is 27.5. The Morgan fingerprint density at radius 3 is 2.58 bits per heavy atom. The van der Waals surface area contributed by atoms with E-state index in [1.54, 1.807) is 31.2 Å². The van der Waals surface area contributed by atoms with Gasteiger partial charge in [0.25, 0.3) is 10.0 Å². The Balaban J connectivity index is 1.60. The van der Waals surface area contributed by atoms with Crippen LogP contribution in [0.5, 0.6) is 0 Å². The second-order valence-electron chi connectivity index (χ2n) is 9.23. The van der Waals surface area contributed by atoms with Gasteiger partial charge < -0.3 is 10.0 Å². The molecule has 3 heterocycles. The van der Waals surface area contributed by atoms with E-state index in [-0.39, 0.29) is 34.4 Å². The molecule has 3 aromatic rings. The number of carboxylic acids is 1. The first-order valence-electron chi connectivity index (χ1n) is 12.0. The van der Waals surface area contributed by atoms with E-state index in [1.807, 2.05) is 4.90 Å². The zero-order valence-electron chi connectivity index (χ0n) is 20.6. The van der Waals surface area contributed by atoms with E-state index < -0.39 is 27.7 Å². The van der Waals surface area contributed by atoms with Crippen LogP contribution in [0.15, 0.2) is 59.6 Å². The monoisotopic (exact) mass is 548 g/mol. The SMILES string of the molecule is Cc1ccccc1-c1nc(NS(=O)(=O)c2cccc(N3CCCC(CCC(=O)O)C3)n2)ccc1C(F)(F)F. The fraction of sp³-hybridized carbons (Fsp3) is 0.346. The molecule has 1 aliphatic heterocycles. The van der Waals surface area contributed by atoms with Crippen molar-refractivity contribution < 1.29 is 31.5 Å². The number of benzene rings is 1. The number of hydrogen-bond donors (Lipinski definition) is 2. The minimum absolute atomic E-state index is 0.0644. The first-order valence-corrected chi connectivity index (χ1v) is 13.5. The molecular formula is C26H27F3N4O4S. The number of aryl methyl sites for hydroxylation is 1. The molecule has 0 amide bonds. The Hall–Kier alpha value is -3.67. The molecule has 0 bridgehead atoms. The number of hydrogen-bond acceptors (Lipinski definition) is 6. The Bertz CT molecular complexity index is 1430. The van der Waals surface area contributed by atoms with Gasteiger partial charge in [-0.1, -0.05) is 30.3 Å². The summed E-state index contributed by atoms with van der Waals surface area (Å²) in [6, 6.07) is 12.7. The molecule has 1 aliphatic rings. The number of aromatic nitrogens is 2. The molecule has 8 nitrogen and oxygen atoms in total. The molecule has 0 spiro atoms. The molecule has 1 fully saturated rings. The maximum atomic E-state index is 13.7. The first-order chi connectivity index (χ1) is 17.9. The quantitative estimate of drug-likeness (QED) is 0.390. The highest BCUT2D eigenvalue weighted by molar-refractivity contribution is 7.92. The molecule has 1 aromatic carbocycles. The molecule has 4 rings (SSSR count). The third-order valence-corrected chi connectivity index (χ3v) is 7.69. The van der Waals surface area contributed by atoms with Crippen LogP contribution in [-0.4, -0.2) is 42.6 Å². The smallest absolute Gasteiger partial charge is 0.418 e. The summed E-state index contributed by atoms with van der Waals surface area (Å²) in [5, 5.41) is 8.66. The molecule has 0 aliphatic carbocycles. The second kappa shape index (κ2) is 11.0. The van der Waals surface area contributed by atoms with E-state index in [0.29, 0.717) is 30.9 Å². The number of carboxylic acid groups (broad SMARTS) is 1. The van der Waals surface area contributed by atoms with Crippen molar-refractivity contribution in [2.75, 3.05) is 22.7 Å². The summed E-state index contributed by atoms with van der Waals surface area (Å²) >= 11 is 0. The molecule has 2 N–H and O–H groups in total. The van der Waals surface area contributed by atoms with Gasteiger partial charge in [0.05, 0.1) is 11.3 Å². The van der Waals surface area contributed by atoms with Crippen molar-refractivity contribution in [1.82, 2.24) is 9.97 Å². The number of sulfonamides is 1. The van der Waals surface area contributed by atoms with Crippen molar-refractivity contribution in [3.05, 3.63) is 65.7 Å². The maximum absolute atomic E-state index is 13.7. The van der Waals surface area contributed by atoms with E-state index in [9.17, 15) is 26.4 Å². The second-order valence-corrected chi connectivity index (χ2v) is 10.9. The number of rotatable bonds is 8. The summed E-state index contributed by atoms with van der Waals surface area (Å²) < 4.78 is 69.7. The number of nitrogens with one attached hydrogen (secondary N) is 1. The van der Waals surface area contributed by atoms with Crippen molar-refractivity contribution in [1.29, 1.82) is 0 Å². The van der Waals surface area contributed by atoms with E-state index in [2.05, 4.69) is 14.7 Å². The van der Waals surface area contributed by atoms with Gasteiger partial charge in [0.15, 0.2) is 5.03 Å². The fourth-order valence-electron chi connectivity index (χ4n) is 4.54. The summed E-state index contributed by atoms with van der Waals surface area (Å²) in [4.78, 5) is 21.2. The van der Waals surface area contributed by atoms with Crippen LogP contribution in [0.2, 0.25) is 0 Å². The fourth-order valence-corrected chi connectivity index (χ4v) is 5.51. The Kier molecular flexibility index (Phi) is 7.91. The third kappa shape index (κ3) is 6.42. The number of halogens is 3. The molecule has 0 radical (unpaired) electrons. The lowest BCUT2D eigenvalue weighted by atomic mass is 9.93. The van der Waals surface area contributed by atoms with Crippen LogP contribution in [-0.2, 0) is 21.0 Å². The molecule has 1 atom stereocenters. The van der Waals surface area contributed by atoms with Gasteiger partial charge in [-0.3, -0.25) is 9.52 Å². The average molecular weight is 549 g/mol. The molecule has 0 saturated carbocycles. The van der Waals surface area contributed by atoms with Gasteiger partial charge in [0.2, 0.25) is 0 Å². The van der Waals surface area contributed by atoms with Crippen LogP contribution < -0.4 is 9.62 Å². The minimum atomic E-state index is -4.69. The summed E-state index contributed by atoms with van der Waals surface area (Å²) in [5.41, 5.74) is -0.553. The van der Waals surface area contributed by atoms with Crippen LogP contribution in [0.3, 0.4) is 0 Å². The lowest BCUT2D eigenvalue weighted by Gasteiger charge is -2.33. The summed E-state index contributed by atoms with van der Waals surface area (Å²) in [6.45, 7) is 2.85. The van der Waals surface area contributed by atoms with Crippen molar-refractivity contribution in [3.8, 4) is 11.3 Å². The highest BCUT2D eigenvalue weighted by Crippen LogP contribution is 2.38. The molecule has 38 heavy (non-hydrogen) atoms. The van der Waals surface area contributed by atoms with Crippen molar-refractivity contribution in [2.45, 2.75) is 43.8 Å². The Labute approximate surface area is 218 Å². The van der Waals surface area contributed by atoms with Gasteiger partial charge in [0, 0.05) is 25.1 Å². The number of anilines is 2. The van der Waals surface area contributed by atoms with Crippen LogP contribution >= 0.6 is 0 Å².